The number of carbonyl (C=O) groups is 1. The summed E-state index contributed by atoms with van der Waals surface area (Å²) in [5.74, 6) is -0.389. The second-order valence-electron chi connectivity index (χ2n) is 6.89. The number of ether oxygens (including phenoxy) is 1. The molecule has 0 bridgehead atoms. The molecule has 0 radical (unpaired) electrons. The SMILES string of the molecule is Cc1ccc(C(=O)N(CCN2CCOCC2)c2nc3ccc(F)cc3s2)cc1. The van der Waals surface area contributed by atoms with Crippen LogP contribution in [0.25, 0.3) is 10.2 Å². The number of morpholine rings is 1. The molecule has 3 aromatic rings. The van der Waals surface area contributed by atoms with Crippen molar-refractivity contribution in [2.24, 2.45) is 0 Å². The van der Waals surface area contributed by atoms with Gasteiger partial charge in [0.1, 0.15) is 5.82 Å². The molecule has 0 saturated carbocycles. The molecule has 2 aromatic carbocycles. The van der Waals surface area contributed by atoms with Crippen LogP contribution < -0.4 is 4.90 Å². The van der Waals surface area contributed by atoms with Crippen molar-refractivity contribution in [1.82, 2.24) is 9.88 Å². The van der Waals surface area contributed by atoms with Gasteiger partial charge < -0.3 is 4.74 Å². The molecular weight excluding hydrogens is 377 g/mol. The number of aromatic nitrogens is 1. The average molecular weight is 399 g/mol. The summed E-state index contributed by atoms with van der Waals surface area (Å²) in [6.45, 7) is 6.40. The predicted octanol–water partition coefficient (Wildman–Crippen LogP) is 3.72. The van der Waals surface area contributed by atoms with Crippen molar-refractivity contribution in [2.75, 3.05) is 44.3 Å². The van der Waals surface area contributed by atoms with Gasteiger partial charge in [-0.25, -0.2) is 9.37 Å². The normalized spacial score (nSPS) is 15.1. The number of hydrogen-bond acceptors (Lipinski definition) is 5. The van der Waals surface area contributed by atoms with E-state index in [2.05, 4.69) is 9.88 Å². The molecule has 1 saturated heterocycles. The van der Waals surface area contributed by atoms with Gasteiger partial charge in [0.2, 0.25) is 0 Å². The highest BCUT2D eigenvalue weighted by Crippen LogP contribution is 2.30. The van der Waals surface area contributed by atoms with Gasteiger partial charge in [0.05, 0.1) is 23.4 Å². The summed E-state index contributed by atoms with van der Waals surface area (Å²) in [5, 5.41) is 0.597. The van der Waals surface area contributed by atoms with Crippen LogP contribution in [0.3, 0.4) is 0 Å². The number of hydrogen-bond donors (Lipinski definition) is 0. The zero-order valence-corrected chi connectivity index (χ0v) is 16.5. The monoisotopic (exact) mass is 399 g/mol. The van der Waals surface area contributed by atoms with Crippen LogP contribution in [0.5, 0.6) is 0 Å². The number of halogens is 1. The van der Waals surface area contributed by atoms with Crippen molar-refractivity contribution in [2.45, 2.75) is 6.92 Å². The summed E-state index contributed by atoms with van der Waals surface area (Å²) in [5.41, 5.74) is 2.43. The molecular formula is C21H22FN3O2S. The molecule has 1 aliphatic rings. The second-order valence-corrected chi connectivity index (χ2v) is 7.89. The quantitative estimate of drug-likeness (QED) is 0.656. The van der Waals surface area contributed by atoms with Gasteiger partial charge in [-0.2, -0.15) is 0 Å². The Morgan fingerprint density at radius 3 is 2.71 bits per heavy atom. The number of benzene rings is 2. The fourth-order valence-corrected chi connectivity index (χ4v) is 4.22. The smallest absolute Gasteiger partial charge is 0.260 e. The first-order valence-electron chi connectivity index (χ1n) is 9.35. The number of amides is 1. The van der Waals surface area contributed by atoms with E-state index in [4.69, 9.17) is 4.74 Å². The molecule has 0 N–H and O–H groups in total. The maximum Gasteiger partial charge on any atom is 0.260 e. The van der Waals surface area contributed by atoms with Crippen molar-refractivity contribution < 1.29 is 13.9 Å². The van der Waals surface area contributed by atoms with Gasteiger partial charge in [-0.05, 0) is 37.3 Å². The minimum absolute atomic E-state index is 0.0900. The van der Waals surface area contributed by atoms with Crippen LogP contribution in [0, 0.1) is 12.7 Å². The number of rotatable bonds is 5. The zero-order valence-electron chi connectivity index (χ0n) is 15.7. The first-order valence-corrected chi connectivity index (χ1v) is 10.2. The van der Waals surface area contributed by atoms with Crippen molar-refractivity contribution >= 4 is 32.6 Å². The Morgan fingerprint density at radius 2 is 1.96 bits per heavy atom. The Bertz CT molecular complexity index is 967. The Morgan fingerprint density at radius 1 is 1.21 bits per heavy atom. The number of aryl methyl sites for hydroxylation is 1. The lowest BCUT2D eigenvalue weighted by atomic mass is 10.1. The summed E-state index contributed by atoms with van der Waals surface area (Å²) in [6.07, 6.45) is 0. The largest absolute Gasteiger partial charge is 0.379 e. The number of nitrogens with zero attached hydrogens (tertiary/aromatic N) is 3. The Hall–Kier alpha value is -2.35. The standard InChI is InChI=1S/C21H22FN3O2S/c1-15-2-4-16(5-3-15)20(26)25(9-8-24-10-12-27-13-11-24)21-23-18-7-6-17(22)14-19(18)28-21/h2-7,14H,8-13H2,1H3. The van der Waals surface area contributed by atoms with E-state index < -0.39 is 0 Å². The molecule has 4 rings (SSSR count). The minimum Gasteiger partial charge on any atom is -0.379 e. The van der Waals surface area contributed by atoms with E-state index >= 15 is 0 Å². The summed E-state index contributed by atoms with van der Waals surface area (Å²) < 4.78 is 19.7. The lowest BCUT2D eigenvalue weighted by Crippen LogP contribution is -2.43. The molecule has 7 heteroatoms. The Balaban J connectivity index is 1.62. The highest BCUT2D eigenvalue weighted by Gasteiger charge is 2.23. The molecule has 0 aliphatic carbocycles. The van der Waals surface area contributed by atoms with Gasteiger partial charge in [0, 0.05) is 31.7 Å². The van der Waals surface area contributed by atoms with Crippen LogP contribution in [0.2, 0.25) is 0 Å². The molecule has 1 aliphatic heterocycles. The van der Waals surface area contributed by atoms with Crippen LogP contribution in [-0.2, 0) is 4.74 Å². The number of anilines is 1. The van der Waals surface area contributed by atoms with Gasteiger partial charge >= 0.3 is 0 Å². The van der Waals surface area contributed by atoms with E-state index in [-0.39, 0.29) is 11.7 Å². The molecule has 0 unspecified atom stereocenters. The van der Waals surface area contributed by atoms with Gasteiger partial charge in [-0.1, -0.05) is 29.0 Å². The third-order valence-corrected chi connectivity index (χ3v) is 5.90. The van der Waals surface area contributed by atoms with Crippen LogP contribution in [0.1, 0.15) is 15.9 Å². The summed E-state index contributed by atoms with van der Waals surface area (Å²) >= 11 is 1.34. The zero-order chi connectivity index (χ0) is 19.5. The molecule has 1 amide bonds. The van der Waals surface area contributed by atoms with Gasteiger partial charge in [-0.15, -0.1) is 0 Å². The molecule has 0 spiro atoms. The van der Waals surface area contributed by atoms with Crippen molar-refractivity contribution in [3.63, 3.8) is 0 Å². The van der Waals surface area contributed by atoms with Gasteiger partial charge in [0.25, 0.3) is 5.91 Å². The molecule has 0 atom stereocenters. The first kappa shape index (κ1) is 19.0. The molecule has 146 valence electrons. The van der Waals surface area contributed by atoms with Crippen molar-refractivity contribution in [3.8, 4) is 0 Å². The van der Waals surface area contributed by atoms with Crippen LogP contribution in [0.4, 0.5) is 9.52 Å². The highest BCUT2D eigenvalue weighted by atomic mass is 32.1. The molecule has 2 heterocycles. The number of fused-ring (bicyclic) bond motifs is 1. The molecule has 1 aromatic heterocycles. The van der Waals surface area contributed by atoms with Crippen LogP contribution in [-0.4, -0.2) is 55.2 Å². The highest BCUT2D eigenvalue weighted by molar-refractivity contribution is 7.22. The predicted molar refractivity (Wildman–Crippen MR) is 110 cm³/mol. The molecule has 28 heavy (non-hydrogen) atoms. The minimum atomic E-state index is -0.299. The fraction of sp³-hybridized carbons (Fsp3) is 0.333. The topological polar surface area (TPSA) is 45.7 Å². The van der Waals surface area contributed by atoms with Crippen molar-refractivity contribution in [1.29, 1.82) is 0 Å². The number of thiazole rings is 1. The van der Waals surface area contributed by atoms with Gasteiger partial charge in [-0.3, -0.25) is 14.6 Å². The maximum atomic E-state index is 13.6. The second kappa shape index (κ2) is 8.34. The van der Waals surface area contributed by atoms with Crippen LogP contribution in [0.15, 0.2) is 42.5 Å². The Labute approximate surface area is 167 Å². The maximum absolute atomic E-state index is 13.6. The lowest BCUT2D eigenvalue weighted by molar-refractivity contribution is 0.0391. The van der Waals surface area contributed by atoms with E-state index in [0.717, 1.165) is 29.9 Å². The van der Waals surface area contributed by atoms with E-state index in [1.165, 1.54) is 23.5 Å². The fourth-order valence-electron chi connectivity index (χ4n) is 3.20. The van der Waals surface area contributed by atoms with Crippen LogP contribution >= 0.6 is 11.3 Å². The number of carbonyl (C=O) groups excluding carboxylic acids is 1. The van der Waals surface area contributed by atoms with E-state index in [1.807, 2.05) is 31.2 Å². The van der Waals surface area contributed by atoms with Crippen molar-refractivity contribution in [3.05, 3.63) is 59.4 Å². The summed E-state index contributed by atoms with van der Waals surface area (Å²) in [4.78, 5) is 21.8. The van der Waals surface area contributed by atoms with Gasteiger partial charge in [0.15, 0.2) is 5.13 Å². The third-order valence-electron chi connectivity index (χ3n) is 4.86. The third kappa shape index (κ3) is 4.22. The molecule has 1 fully saturated rings. The van der Waals surface area contributed by atoms with E-state index in [0.29, 0.717) is 36.0 Å². The molecule has 5 nitrogen and oxygen atoms in total. The summed E-state index contributed by atoms with van der Waals surface area (Å²) in [6, 6.07) is 12.1. The first-order chi connectivity index (χ1) is 13.6. The summed E-state index contributed by atoms with van der Waals surface area (Å²) in [7, 11) is 0. The lowest BCUT2D eigenvalue weighted by Gasteiger charge is -2.29. The Kier molecular flexibility index (Phi) is 5.66. The van der Waals surface area contributed by atoms with E-state index in [9.17, 15) is 9.18 Å². The average Bonchev–Trinajstić information content (AvgIpc) is 3.12. The van der Waals surface area contributed by atoms with E-state index in [1.54, 1.807) is 11.0 Å².